The van der Waals surface area contributed by atoms with Crippen molar-refractivity contribution in [3.05, 3.63) is 92.9 Å². The first-order chi connectivity index (χ1) is 18.8. The van der Waals surface area contributed by atoms with E-state index in [9.17, 15) is 18.0 Å². The summed E-state index contributed by atoms with van der Waals surface area (Å²) in [4.78, 5) is 28.4. The molecule has 7 nitrogen and oxygen atoms in total. The second kappa shape index (κ2) is 13.7. The van der Waals surface area contributed by atoms with Crippen LogP contribution in [0.4, 0.5) is 5.69 Å². The van der Waals surface area contributed by atoms with Crippen molar-refractivity contribution in [1.29, 1.82) is 0 Å². The number of halogens is 3. The Morgan fingerprint density at radius 3 is 2.10 bits per heavy atom. The van der Waals surface area contributed by atoms with Crippen molar-refractivity contribution < 1.29 is 18.0 Å². The lowest BCUT2D eigenvalue weighted by atomic mass is 10.1. The van der Waals surface area contributed by atoms with Crippen LogP contribution >= 0.6 is 34.8 Å². The van der Waals surface area contributed by atoms with E-state index in [1.54, 1.807) is 43.3 Å². The number of amides is 2. The zero-order valence-corrected chi connectivity index (χ0v) is 25.8. The Labute approximate surface area is 251 Å². The van der Waals surface area contributed by atoms with Gasteiger partial charge in [0.2, 0.25) is 11.8 Å². The van der Waals surface area contributed by atoms with Gasteiger partial charge < -0.3 is 10.2 Å². The monoisotopic (exact) mass is 623 g/mol. The summed E-state index contributed by atoms with van der Waals surface area (Å²) in [7, 11) is -4.21. The molecule has 0 bridgehead atoms. The number of benzene rings is 3. The minimum atomic E-state index is -4.21. The van der Waals surface area contributed by atoms with Crippen LogP contribution in [0.1, 0.15) is 38.3 Å². The van der Waals surface area contributed by atoms with E-state index in [0.29, 0.717) is 11.4 Å². The van der Waals surface area contributed by atoms with E-state index >= 15 is 0 Å². The summed E-state index contributed by atoms with van der Waals surface area (Å²) in [5.74, 6) is -0.928. The van der Waals surface area contributed by atoms with Gasteiger partial charge in [-0.05, 0) is 75.2 Å². The highest BCUT2D eigenvalue weighted by Gasteiger charge is 2.33. The number of nitrogens with one attached hydrogen (secondary N) is 1. The lowest BCUT2D eigenvalue weighted by Gasteiger charge is -2.32. The molecule has 40 heavy (non-hydrogen) atoms. The molecule has 11 heteroatoms. The molecule has 0 aliphatic rings. The number of carbonyl (C=O) groups is 2. The van der Waals surface area contributed by atoms with E-state index in [4.69, 9.17) is 34.8 Å². The van der Waals surface area contributed by atoms with Crippen LogP contribution in [0.3, 0.4) is 0 Å². The number of carbonyl (C=O) groups excluding carboxylic acids is 2. The van der Waals surface area contributed by atoms with Crippen LogP contribution in [0, 0.1) is 6.92 Å². The van der Waals surface area contributed by atoms with Crippen molar-refractivity contribution in [2.75, 3.05) is 10.8 Å². The third-order valence-electron chi connectivity index (χ3n) is 6.51. The highest BCUT2D eigenvalue weighted by molar-refractivity contribution is 7.92. The zero-order valence-electron chi connectivity index (χ0n) is 22.7. The summed E-state index contributed by atoms with van der Waals surface area (Å²) in [6.07, 6.45) is 0.712. The Morgan fingerprint density at radius 1 is 0.900 bits per heavy atom. The first-order valence-electron chi connectivity index (χ1n) is 12.7. The van der Waals surface area contributed by atoms with Crippen molar-refractivity contribution in [3.63, 3.8) is 0 Å². The molecule has 1 N–H and O–H groups in total. The quantitative estimate of drug-likeness (QED) is 0.265. The normalized spacial score (nSPS) is 12.9. The molecule has 3 aromatic rings. The molecule has 0 aromatic heterocycles. The Morgan fingerprint density at radius 2 is 1.52 bits per heavy atom. The fourth-order valence-corrected chi connectivity index (χ4v) is 5.67. The molecule has 214 valence electrons. The maximum atomic E-state index is 13.9. The van der Waals surface area contributed by atoms with Gasteiger partial charge in [-0.3, -0.25) is 13.9 Å². The fourth-order valence-electron chi connectivity index (χ4n) is 3.84. The number of aryl methyl sites for hydroxylation is 1. The highest BCUT2D eigenvalue weighted by Crippen LogP contribution is 2.31. The number of nitrogens with zero attached hydrogens (tertiary/aromatic N) is 2. The summed E-state index contributed by atoms with van der Waals surface area (Å²) in [6.45, 7) is 6.75. The number of sulfonamides is 1. The first kappa shape index (κ1) is 31.7. The van der Waals surface area contributed by atoms with Crippen molar-refractivity contribution in [1.82, 2.24) is 10.2 Å². The molecule has 2 atom stereocenters. The summed E-state index contributed by atoms with van der Waals surface area (Å²) in [5.41, 5.74) is 1.77. The summed E-state index contributed by atoms with van der Waals surface area (Å²) in [6, 6.07) is 16.5. The molecular weight excluding hydrogens is 593 g/mol. The summed E-state index contributed by atoms with van der Waals surface area (Å²) >= 11 is 18.4. The Bertz CT molecular complexity index is 1450. The SMILES string of the molecule is CC[C@@H](C)NC(=O)[C@@H](C)N(Cc1ccc(Cl)cc1)C(=O)CN(c1ccc(Cl)c(Cl)c1)S(=O)(=O)c1ccc(C)cc1. The van der Waals surface area contributed by atoms with Gasteiger partial charge in [-0.25, -0.2) is 8.42 Å². The molecule has 0 heterocycles. The average molecular weight is 625 g/mol. The standard InChI is InChI=1S/C29H32Cl3N3O4S/c1-5-20(3)33-29(37)21(4)34(17-22-8-10-23(30)11-9-22)28(36)18-35(24-12-15-26(31)27(32)16-24)40(38,39)25-13-6-19(2)7-14-25/h6-16,20-21H,5,17-18H2,1-4H3,(H,33,37)/t20-,21-/m1/s1. The van der Waals surface area contributed by atoms with Gasteiger partial charge in [0.05, 0.1) is 20.6 Å². The molecule has 0 saturated heterocycles. The summed E-state index contributed by atoms with van der Waals surface area (Å²) < 4.78 is 28.7. The van der Waals surface area contributed by atoms with Crippen molar-refractivity contribution in [2.24, 2.45) is 0 Å². The fraction of sp³-hybridized carbons (Fsp3) is 0.310. The Hall–Kier alpha value is -2.78. The maximum Gasteiger partial charge on any atom is 0.264 e. The van der Waals surface area contributed by atoms with Crippen LogP contribution in [0.15, 0.2) is 71.6 Å². The Balaban J connectivity index is 2.04. The smallest absolute Gasteiger partial charge is 0.264 e. The predicted octanol–water partition coefficient (Wildman–Crippen LogP) is 6.48. The molecule has 0 saturated carbocycles. The second-order valence-corrected chi connectivity index (χ2v) is 12.7. The average Bonchev–Trinajstić information content (AvgIpc) is 2.92. The van der Waals surface area contributed by atoms with Crippen LogP contribution in [0.5, 0.6) is 0 Å². The number of rotatable bonds is 11. The molecule has 0 fully saturated rings. The van der Waals surface area contributed by atoms with Crippen LogP contribution in [-0.2, 0) is 26.2 Å². The van der Waals surface area contributed by atoms with E-state index < -0.39 is 28.5 Å². The largest absolute Gasteiger partial charge is 0.352 e. The third kappa shape index (κ3) is 7.91. The molecule has 0 aliphatic heterocycles. The van der Waals surface area contributed by atoms with Crippen LogP contribution in [-0.4, -0.2) is 43.8 Å². The number of anilines is 1. The molecule has 0 radical (unpaired) electrons. The van der Waals surface area contributed by atoms with Gasteiger partial charge in [-0.2, -0.15) is 0 Å². The lowest BCUT2D eigenvalue weighted by Crippen LogP contribution is -2.52. The minimum absolute atomic E-state index is 0.00351. The highest BCUT2D eigenvalue weighted by atomic mass is 35.5. The lowest BCUT2D eigenvalue weighted by molar-refractivity contribution is -0.139. The summed E-state index contributed by atoms with van der Waals surface area (Å²) in [5, 5.41) is 3.80. The van der Waals surface area contributed by atoms with Gasteiger partial charge in [0.25, 0.3) is 10.0 Å². The van der Waals surface area contributed by atoms with Gasteiger partial charge >= 0.3 is 0 Å². The molecule has 0 spiro atoms. The van der Waals surface area contributed by atoms with Gasteiger partial charge in [0.15, 0.2) is 0 Å². The third-order valence-corrected chi connectivity index (χ3v) is 9.29. The second-order valence-electron chi connectivity index (χ2n) is 9.57. The van der Waals surface area contributed by atoms with E-state index in [-0.39, 0.29) is 39.1 Å². The van der Waals surface area contributed by atoms with E-state index in [2.05, 4.69) is 5.32 Å². The minimum Gasteiger partial charge on any atom is -0.352 e. The van der Waals surface area contributed by atoms with Crippen molar-refractivity contribution in [2.45, 2.75) is 57.6 Å². The van der Waals surface area contributed by atoms with E-state index in [0.717, 1.165) is 15.4 Å². The van der Waals surface area contributed by atoms with Crippen LogP contribution < -0.4 is 9.62 Å². The van der Waals surface area contributed by atoms with Gasteiger partial charge in [-0.1, -0.05) is 71.6 Å². The Kier molecular flexibility index (Phi) is 10.9. The van der Waals surface area contributed by atoms with Gasteiger partial charge in [-0.15, -0.1) is 0 Å². The van der Waals surface area contributed by atoms with Gasteiger partial charge in [0, 0.05) is 17.6 Å². The number of hydrogen-bond donors (Lipinski definition) is 1. The van der Waals surface area contributed by atoms with Gasteiger partial charge in [0.1, 0.15) is 12.6 Å². The molecule has 2 amide bonds. The van der Waals surface area contributed by atoms with Crippen molar-refractivity contribution in [3.8, 4) is 0 Å². The number of hydrogen-bond acceptors (Lipinski definition) is 4. The van der Waals surface area contributed by atoms with Crippen molar-refractivity contribution >= 4 is 62.3 Å². The first-order valence-corrected chi connectivity index (χ1v) is 15.3. The predicted molar refractivity (Wildman–Crippen MR) is 162 cm³/mol. The van der Waals surface area contributed by atoms with Crippen LogP contribution in [0.25, 0.3) is 0 Å². The maximum absolute atomic E-state index is 13.9. The molecule has 3 rings (SSSR count). The zero-order chi connectivity index (χ0) is 29.6. The van der Waals surface area contributed by atoms with E-state index in [1.165, 1.54) is 35.2 Å². The van der Waals surface area contributed by atoms with E-state index in [1.807, 2.05) is 20.8 Å². The topological polar surface area (TPSA) is 86.8 Å². The van der Waals surface area contributed by atoms with Crippen LogP contribution in [0.2, 0.25) is 15.1 Å². The molecule has 3 aromatic carbocycles. The molecular formula is C29H32Cl3N3O4S. The molecule has 0 unspecified atom stereocenters. The molecule has 0 aliphatic carbocycles.